The minimum absolute atomic E-state index is 0.0333. The molecule has 41 heavy (non-hydrogen) atoms. The molecule has 1 aliphatic carbocycles. The number of benzene rings is 3. The van der Waals surface area contributed by atoms with Crippen LogP contribution in [0.1, 0.15) is 51.3 Å². The normalized spacial score (nSPS) is 16.9. The molecule has 1 N–H and O–H groups in total. The first-order chi connectivity index (χ1) is 19.8. The fourth-order valence-corrected chi connectivity index (χ4v) is 7.12. The molecule has 8 heteroatoms. The first kappa shape index (κ1) is 29.1. The summed E-state index contributed by atoms with van der Waals surface area (Å²) in [7, 11) is 7.16. The van der Waals surface area contributed by atoms with Crippen molar-refractivity contribution in [3.8, 4) is 16.9 Å². The number of fused-ring (bicyclic) bond motifs is 1. The molecule has 5 rings (SSSR count). The van der Waals surface area contributed by atoms with Crippen molar-refractivity contribution in [1.82, 2.24) is 15.1 Å². The van der Waals surface area contributed by atoms with Gasteiger partial charge in [0.25, 0.3) is 11.8 Å². The number of carbonyl (C=O) groups excluding carboxylic acids is 2. The molecule has 1 fully saturated rings. The summed E-state index contributed by atoms with van der Waals surface area (Å²) in [6.45, 7) is 0.409. The molecule has 0 saturated heterocycles. The van der Waals surface area contributed by atoms with Crippen LogP contribution in [0.5, 0.6) is 5.75 Å². The van der Waals surface area contributed by atoms with Crippen LogP contribution in [0, 0.1) is 0 Å². The zero-order chi connectivity index (χ0) is 29.1. The molecule has 2 amide bonds. The third-order valence-corrected chi connectivity index (χ3v) is 9.69. The zero-order valence-corrected chi connectivity index (χ0v) is 25.5. The monoisotopic (exact) mass is 589 g/mol. The number of hydrogen-bond donors (Lipinski definition) is 1. The first-order valence-corrected chi connectivity index (χ1v) is 15.1. The number of methoxy groups -OCH3 is 1. The number of amides is 2. The maximum atomic E-state index is 14.3. The van der Waals surface area contributed by atoms with Gasteiger partial charge < -0.3 is 19.9 Å². The Morgan fingerprint density at radius 3 is 2.27 bits per heavy atom. The second kappa shape index (κ2) is 12.6. The molecule has 0 aliphatic heterocycles. The number of rotatable bonds is 8. The highest BCUT2D eigenvalue weighted by atomic mass is 35.5. The SMILES string of the molecule is CN[C@H]1CC[C@H](N(Cc2cc(-c3ccc(C(=O)N(C)C)cc3)ccc2OC)C(=O)c2sc3ccccc3c2Cl)CC1. The highest BCUT2D eigenvalue weighted by Gasteiger charge is 2.32. The number of thiophene rings is 1. The lowest BCUT2D eigenvalue weighted by molar-refractivity contribution is 0.0604. The van der Waals surface area contributed by atoms with Crippen LogP contribution >= 0.6 is 22.9 Å². The summed E-state index contributed by atoms with van der Waals surface area (Å²) in [5.41, 5.74) is 3.56. The molecule has 0 radical (unpaired) electrons. The molecular weight excluding hydrogens is 554 g/mol. The third kappa shape index (κ3) is 6.13. The lowest BCUT2D eigenvalue weighted by atomic mass is 9.89. The molecule has 214 valence electrons. The van der Waals surface area contributed by atoms with Crippen molar-refractivity contribution in [3.05, 3.63) is 87.8 Å². The van der Waals surface area contributed by atoms with E-state index in [0.29, 0.717) is 28.0 Å². The average molecular weight is 590 g/mol. The Kier molecular flexibility index (Phi) is 8.97. The highest BCUT2D eigenvalue weighted by molar-refractivity contribution is 7.21. The second-order valence-electron chi connectivity index (χ2n) is 10.8. The number of halogens is 1. The van der Waals surface area contributed by atoms with Gasteiger partial charge in [-0.25, -0.2) is 0 Å². The third-order valence-electron chi connectivity index (χ3n) is 8.03. The molecule has 0 unspecified atom stereocenters. The fourth-order valence-electron chi connectivity index (χ4n) is 5.65. The van der Waals surface area contributed by atoms with Crippen LogP contribution in [0.3, 0.4) is 0 Å². The molecule has 3 aromatic carbocycles. The van der Waals surface area contributed by atoms with Gasteiger partial charge in [-0.15, -0.1) is 11.3 Å². The predicted molar refractivity (Wildman–Crippen MR) is 168 cm³/mol. The summed E-state index contributed by atoms with van der Waals surface area (Å²) in [5.74, 6) is 0.662. The van der Waals surface area contributed by atoms with E-state index in [1.165, 1.54) is 11.3 Å². The maximum Gasteiger partial charge on any atom is 0.266 e. The predicted octanol–water partition coefficient (Wildman–Crippen LogP) is 7.11. The summed E-state index contributed by atoms with van der Waals surface area (Å²) >= 11 is 8.26. The number of nitrogens with one attached hydrogen (secondary N) is 1. The van der Waals surface area contributed by atoms with Crippen molar-refractivity contribution in [1.29, 1.82) is 0 Å². The minimum atomic E-state index is -0.0388. The Hall–Kier alpha value is -3.39. The van der Waals surface area contributed by atoms with Crippen LogP contribution in [0.4, 0.5) is 0 Å². The van der Waals surface area contributed by atoms with Crippen molar-refractivity contribution in [2.45, 2.75) is 44.3 Å². The van der Waals surface area contributed by atoms with Gasteiger partial charge in [-0.1, -0.05) is 48.0 Å². The van der Waals surface area contributed by atoms with E-state index in [9.17, 15) is 9.59 Å². The molecule has 1 aliphatic rings. The molecule has 6 nitrogen and oxygen atoms in total. The zero-order valence-electron chi connectivity index (χ0n) is 23.9. The standard InChI is InChI=1S/C33H36ClN3O3S/c1-35-25-14-16-26(17-15-25)37(33(39)31-30(34)27-7-5-6-8-29(27)41-31)20-24-19-23(13-18-28(24)40-4)21-9-11-22(12-10-21)32(38)36(2)3/h5-13,18-19,25-26,35H,14-17,20H2,1-4H3/t25-,26-. The Balaban J connectivity index is 1.50. The molecule has 1 aromatic heterocycles. The van der Waals surface area contributed by atoms with Gasteiger partial charge in [-0.3, -0.25) is 9.59 Å². The van der Waals surface area contributed by atoms with Crippen LogP contribution in [0.15, 0.2) is 66.7 Å². The van der Waals surface area contributed by atoms with Crippen LogP contribution in [0.25, 0.3) is 21.2 Å². The Morgan fingerprint density at radius 1 is 0.951 bits per heavy atom. The topological polar surface area (TPSA) is 61.9 Å². The molecule has 0 bridgehead atoms. The van der Waals surface area contributed by atoms with Gasteiger partial charge in [0, 0.05) is 53.9 Å². The summed E-state index contributed by atoms with van der Waals surface area (Å²) in [6.07, 6.45) is 3.87. The Morgan fingerprint density at radius 2 is 1.63 bits per heavy atom. The van der Waals surface area contributed by atoms with Crippen molar-refractivity contribution < 1.29 is 14.3 Å². The van der Waals surface area contributed by atoms with Gasteiger partial charge >= 0.3 is 0 Å². The van der Waals surface area contributed by atoms with Crippen LogP contribution in [-0.4, -0.2) is 62.0 Å². The first-order valence-electron chi connectivity index (χ1n) is 13.9. The highest BCUT2D eigenvalue weighted by Crippen LogP contribution is 2.38. The Labute approximate surface area is 250 Å². The molecule has 1 saturated carbocycles. The van der Waals surface area contributed by atoms with Crippen molar-refractivity contribution >= 4 is 44.8 Å². The molecular formula is C33H36ClN3O3S. The number of ether oxygens (including phenoxy) is 1. The smallest absolute Gasteiger partial charge is 0.266 e. The van der Waals surface area contributed by atoms with E-state index in [1.54, 1.807) is 26.1 Å². The van der Waals surface area contributed by atoms with Gasteiger partial charge in [-0.05, 0) is 74.2 Å². The molecule has 1 heterocycles. The quantitative estimate of drug-likeness (QED) is 0.238. The van der Waals surface area contributed by atoms with E-state index >= 15 is 0 Å². The fraction of sp³-hybridized carbons (Fsp3) is 0.333. The minimum Gasteiger partial charge on any atom is -0.496 e. The number of carbonyl (C=O) groups is 2. The van der Waals surface area contributed by atoms with Gasteiger partial charge in [0.1, 0.15) is 10.6 Å². The lowest BCUT2D eigenvalue weighted by Crippen LogP contribution is -2.44. The lowest BCUT2D eigenvalue weighted by Gasteiger charge is -2.37. The summed E-state index contributed by atoms with van der Waals surface area (Å²) in [4.78, 5) is 30.8. The molecule has 0 spiro atoms. The van der Waals surface area contributed by atoms with Crippen molar-refractivity contribution in [2.24, 2.45) is 0 Å². The van der Waals surface area contributed by atoms with Gasteiger partial charge in [0.15, 0.2) is 0 Å². The average Bonchev–Trinajstić information content (AvgIpc) is 3.35. The van der Waals surface area contributed by atoms with Crippen molar-refractivity contribution in [3.63, 3.8) is 0 Å². The summed E-state index contributed by atoms with van der Waals surface area (Å²) < 4.78 is 6.78. The van der Waals surface area contributed by atoms with Crippen LogP contribution < -0.4 is 10.1 Å². The van der Waals surface area contributed by atoms with Gasteiger partial charge in [0.05, 0.1) is 12.1 Å². The van der Waals surface area contributed by atoms with Crippen molar-refractivity contribution in [2.75, 3.05) is 28.3 Å². The Bertz CT molecular complexity index is 1540. The van der Waals surface area contributed by atoms with E-state index in [4.69, 9.17) is 16.3 Å². The van der Waals surface area contributed by atoms with E-state index in [2.05, 4.69) is 11.4 Å². The van der Waals surface area contributed by atoms with Crippen LogP contribution in [-0.2, 0) is 6.54 Å². The molecule has 0 atom stereocenters. The largest absolute Gasteiger partial charge is 0.496 e. The van der Waals surface area contributed by atoms with Crippen LogP contribution in [0.2, 0.25) is 5.02 Å². The summed E-state index contributed by atoms with van der Waals surface area (Å²) in [5, 5.41) is 4.84. The second-order valence-corrected chi connectivity index (χ2v) is 12.2. The van der Waals surface area contributed by atoms with E-state index in [0.717, 1.165) is 58.2 Å². The van der Waals surface area contributed by atoms with Gasteiger partial charge in [-0.2, -0.15) is 0 Å². The van der Waals surface area contributed by atoms with E-state index in [1.807, 2.05) is 72.6 Å². The van der Waals surface area contributed by atoms with Gasteiger partial charge in [0.2, 0.25) is 0 Å². The summed E-state index contributed by atoms with van der Waals surface area (Å²) in [6, 6.07) is 22.1. The number of nitrogens with zero attached hydrogens (tertiary/aromatic N) is 2. The van der Waals surface area contributed by atoms with E-state index in [-0.39, 0.29) is 17.9 Å². The van der Waals surface area contributed by atoms with E-state index < -0.39 is 0 Å². The molecule has 4 aromatic rings. The maximum absolute atomic E-state index is 14.3. The number of hydrogen-bond acceptors (Lipinski definition) is 5.